The molecule has 0 bridgehead atoms. The van der Waals surface area contributed by atoms with Crippen LogP contribution in [0.2, 0.25) is 0 Å². The van der Waals surface area contributed by atoms with Gasteiger partial charge in [-0.15, -0.1) is 0 Å². The minimum absolute atomic E-state index is 0.0217. The van der Waals surface area contributed by atoms with Crippen molar-refractivity contribution in [3.8, 4) is 11.1 Å². The molecule has 0 radical (unpaired) electrons. The van der Waals surface area contributed by atoms with Crippen molar-refractivity contribution in [3.63, 3.8) is 0 Å². The van der Waals surface area contributed by atoms with Gasteiger partial charge in [0.15, 0.2) is 0 Å². The lowest BCUT2D eigenvalue weighted by atomic mass is 9.90. The van der Waals surface area contributed by atoms with Gasteiger partial charge in [0.1, 0.15) is 0 Å². The molecule has 3 rings (SSSR count). The van der Waals surface area contributed by atoms with Crippen LogP contribution in [0.1, 0.15) is 17.0 Å². The maximum Gasteiger partial charge on any atom is 0.0671 e. The standard InChI is InChI=1S/C16H16O2/c17-10-15-14-8-4-3-7-13(14)12-6-2-1-5-11(12)9-16(15)18/h1-8,15-18H,9-10H2/t15-,16-/m1/s1. The van der Waals surface area contributed by atoms with E-state index in [-0.39, 0.29) is 12.5 Å². The lowest BCUT2D eigenvalue weighted by molar-refractivity contribution is 0.108. The number of rotatable bonds is 1. The summed E-state index contributed by atoms with van der Waals surface area (Å²) < 4.78 is 0. The van der Waals surface area contributed by atoms with Gasteiger partial charge >= 0.3 is 0 Å². The van der Waals surface area contributed by atoms with Gasteiger partial charge < -0.3 is 10.2 Å². The summed E-state index contributed by atoms with van der Waals surface area (Å²) in [6, 6.07) is 16.2. The first kappa shape index (κ1) is 11.5. The van der Waals surface area contributed by atoms with Gasteiger partial charge in [-0.25, -0.2) is 0 Å². The van der Waals surface area contributed by atoms with E-state index in [0.29, 0.717) is 6.42 Å². The van der Waals surface area contributed by atoms with Gasteiger partial charge in [0, 0.05) is 5.92 Å². The average Bonchev–Trinajstić information content (AvgIpc) is 2.52. The molecular weight excluding hydrogens is 224 g/mol. The van der Waals surface area contributed by atoms with Gasteiger partial charge in [-0.3, -0.25) is 0 Å². The average molecular weight is 240 g/mol. The SMILES string of the molecule is OC[C@@H]1c2ccccc2-c2ccccc2C[C@H]1O. The lowest BCUT2D eigenvalue weighted by Gasteiger charge is -2.20. The molecular formula is C16H16O2. The summed E-state index contributed by atoms with van der Waals surface area (Å²) in [6.07, 6.45) is 0.0654. The van der Waals surface area contributed by atoms with E-state index in [1.54, 1.807) is 0 Å². The van der Waals surface area contributed by atoms with E-state index < -0.39 is 6.10 Å². The van der Waals surface area contributed by atoms with E-state index in [4.69, 9.17) is 0 Å². The third-order valence-electron chi connectivity index (χ3n) is 3.76. The van der Waals surface area contributed by atoms with Crippen molar-refractivity contribution < 1.29 is 10.2 Å². The maximum atomic E-state index is 10.3. The molecule has 2 atom stereocenters. The van der Waals surface area contributed by atoms with Crippen molar-refractivity contribution in [1.82, 2.24) is 0 Å². The van der Waals surface area contributed by atoms with Crippen LogP contribution in [0, 0.1) is 0 Å². The van der Waals surface area contributed by atoms with Crippen LogP contribution in [0.4, 0.5) is 0 Å². The third kappa shape index (κ3) is 1.74. The minimum Gasteiger partial charge on any atom is -0.396 e. The van der Waals surface area contributed by atoms with Gasteiger partial charge in [-0.2, -0.15) is 0 Å². The molecule has 0 amide bonds. The van der Waals surface area contributed by atoms with Gasteiger partial charge in [-0.05, 0) is 28.7 Å². The summed E-state index contributed by atoms with van der Waals surface area (Å²) in [5, 5.41) is 19.8. The van der Waals surface area contributed by atoms with E-state index in [1.165, 1.54) is 5.56 Å². The summed E-state index contributed by atoms with van der Waals surface area (Å²) in [6.45, 7) is -0.0217. The van der Waals surface area contributed by atoms with Crippen LogP contribution >= 0.6 is 0 Å². The van der Waals surface area contributed by atoms with E-state index in [9.17, 15) is 10.2 Å². The lowest BCUT2D eigenvalue weighted by Crippen LogP contribution is -2.22. The second-order valence-electron chi connectivity index (χ2n) is 4.80. The first-order valence-corrected chi connectivity index (χ1v) is 6.27. The second-order valence-corrected chi connectivity index (χ2v) is 4.80. The molecule has 0 heterocycles. The highest BCUT2D eigenvalue weighted by Gasteiger charge is 2.27. The first-order valence-electron chi connectivity index (χ1n) is 6.27. The van der Waals surface area contributed by atoms with Gasteiger partial charge in [0.2, 0.25) is 0 Å². The van der Waals surface area contributed by atoms with Crippen molar-refractivity contribution in [1.29, 1.82) is 0 Å². The second kappa shape index (κ2) is 4.56. The normalized spacial score (nSPS) is 21.9. The van der Waals surface area contributed by atoms with Gasteiger partial charge in [0.25, 0.3) is 0 Å². The Morgan fingerprint density at radius 1 is 0.944 bits per heavy atom. The van der Waals surface area contributed by atoms with Crippen LogP contribution in [0.25, 0.3) is 11.1 Å². The number of fused-ring (bicyclic) bond motifs is 3. The number of aliphatic hydroxyl groups excluding tert-OH is 2. The fraction of sp³-hybridized carbons (Fsp3) is 0.250. The van der Waals surface area contributed by atoms with Crippen molar-refractivity contribution in [3.05, 3.63) is 59.7 Å². The highest BCUT2D eigenvalue weighted by Crippen LogP contribution is 2.37. The van der Waals surface area contributed by atoms with E-state index >= 15 is 0 Å². The van der Waals surface area contributed by atoms with Crippen molar-refractivity contribution in [2.75, 3.05) is 6.61 Å². The number of hydrogen-bond acceptors (Lipinski definition) is 2. The Morgan fingerprint density at radius 3 is 2.39 bits per heavy atom. The van der Waals surface area contributed by atoms with Crippen LogP contribution in [0.5, 0.6) is 0 Å². The molecule has 1 aliphatic carbocycles. The van der Waals surface area contributed by atoms with E-state index in [2.05, 4.69) is 18.2 Å². The third-order valence-corrected chi connectivity index (χ3v) is 3.76. The van der Waals surface area contributed by atoms with Crippen LogP contribution in [-0.2, 0) is 6.42 Å². The first-order chi connectivity index (χ1) is 8.81. The van der Waals surface area contributed by atoms with Crippen molar-refractivity contribution >= 4 is 0 Å². The van der Waals surface area contributed by atoms with Crippen LogP contribution in [0.15, 0.2) is 48.5 Å². The predicted octanol–water partition coefficient (Wildman–Crippen LogP) is 2.35. The number of hydrogen-bond donors (Lipinski definition) is 2. The monoisotopic (exact) mass is 240 g/mol. The zero-order valence-corrected chi connectivity index (χ0v) is 10.1. The summed E-state index contributed by atoms with van der Waals surface area (Å²) in [7, 11) is 0. The quantitative estimate of drug-likeness (QED) is 0.803. The molecule has 2 aromatic carbocycles. The highest BCUT2D eigenvalue weighted by molar-refractivity contribution is 5.72. The molecule has 2 nitrogen and oxygen atoms in total. The molecule has 0 fully saturated rings. The molecule has 18 heavy (non-hydrogen) atoms. The van der Waals surface area contributed by atoms with Crippen LogP contribution in [-0.4, -0.2) is 22.9 Å². The molecule has 92 valence electrons. The summed E-state index contributed by atoms with van der Waals surface area (Å²) in [5.41, 5.74) is 4.48. The minimum atomic E-state index is -0.528. The molecule has 0 unspecified atom stereocenters. The topological polar surface area (TPSA) is 40.5 Å². The number of aliphatic hydroxyl groups is 2. The molecule has 2 N–H and O–H groups in total. The summed E-state index contributed by atoms with van der Waals surface area (Å²) >= 11 is 0. The van der Waals surface area contributed by atoms with Crippen molar-refractivity contribution in [2.24, 2.45) is 0 Å². The van der Waals surface area contributed by atoms with Crippen molar-refractivity contribution in [2.45, 2.75) is 18.4 Å². The number of benzene rings is 2. The smallest absolute Gasteiger partial charge is 0.0671 e. The highest BCUT2D eigenvalue weighted by atomic mass is 16.3. The fourth-order valence-corrected chi connectivity index (χ4v) is 2.82. The Labute approximate surface area is 107 Å². The maximum absolute atomic E-state index is 10.3. The van der Waals surface area contributed by atoms with Crippen LogP contribution < -0.4 is 0 Å². The molecule has 1 aliphatic rings. The largest absolute Gasteiger partial charge is 0.396 e. The van der Waals surface area contributed by atoms with E-state index in [0.717, 1.165) is 16.7 Å². The summed E-state index contributed by atoms with van der Waals surface area (Å²) in [4.78, 5) is 0. The fourth-order valence-electron chi connectivity index (χ4n) is 2.82. The van der Waals surface area contributed by atoms with Gasteiger partial charge in [-0.1, -0.05) is 48.5 Å². The molecule has 0 spiro atoms. The predicted molar refractivity (Wildman–Crippen MR) is 71.4 cm³/mol. The Balaban J connectivity index is 2.26. The van der Waals surface area contributed by atoms with Crippen LogP contribution in [0.3, 0.4) is 0 Å². The Hall–Kier alpha value is -1.64. The Kier molecular flexibility index (Phi) is 2.90. The molecule has 0 aliphatic heterocycles. The Bertz CT molecular complexity index is 563. The zero-order valence-electron chi connectivity index (χ0n) is 10.1. The molecule has 0 saturated carbocycles. The molecule has 2 aromatic rings. The molecule has 0 aromatic heterocycles. The Morgan fingerprint density at radius 2 is 1.61 bits per heavy atom. The zero-order chi connectivity index (χ0) is 12.5. The molecule has 2 heteroatoms. The molecule has 0 saturated heterocycles. The van der Waals surface area contributed by atoms with Gasteiger partial charge in [0.05, 0.1) is 12.7 Å². The summed E-state index contributed by atoms with van der Waals surface area (Å²) in [5.74, 6) is -0.200. The van der Waals surface area contributed by atoms with E-state index in [1.807, 2.05) is 30.3 Å².